The van der Waals surface area contributed by atoms with Gasteiger partial charge in [-0.15, -0.1) is 5.10 Å². The molecular formula is C26H36N6O2. The third-order valence-electron chi connectivity index (χ3n) is 6.49. The van der Waals surface area contributed by atoms with Crippen LogP contribution in [0.2, 0.25) is 0 Å². The van der Waals surface area contributed by atoms with Gasteiger partial charge < -0.3 is 14.4 Å². The number of methoxy groups -OCH3 is 2. The van der Waals surface area contributed by atoms with E-state index in [4.69, 9.17) is 9.47 Å². The molecule has 0 N–H and O–H groups in total. The molecular weight excluding hydrogens is 428 g/mol. The molecule has 1 aliphatic heterocycles. The minimum atomic E-state index is 0.207. The van der Waals surface area contributed by atoms with Gasteiger partial charge >= 0.3 is 0 Å². The van der Waals surface area contributed by atoms with Crippen molar-refractivity contribution >= 4 is 5.69 Å². The van der Waals surface area contributed by atoms with E-state index in [-0.39, 0.29) is 6.04 Å². The monoisotopic (exact) mass is 464 g/mol. The molecule has 0 bridgehead atoms. The molecule has 4 rings (SSSR count). The molecule has 0 aliphatic carbocycles. The lowest BCUT2D eigenvalue weighted by atomic mass is 10.0. The normalized spacial score (nSPS) is 15.5. The van der Waals surface area contributed by atoms with Gasteiger partial charge in [-0.2, -0.15) is 0 Å². The Balaban J connectivity index is 1.45. The number of nitrogens with zero attached hydrogens (tertiary/aromatic N) is 6. The Morgan fingerprint density at radius 2 is 1.65 bits per heavy atom. The van der Waals surface area contributed by atoms with Crippen molar-refractivity contribution in [3.05, 3.63) is 59.9 Å². The number of hydrogen-bond acceptors (Lipinski definition) is 7. The maximum atomic E-state index is 5.46. The number of para-hydroxylation sites is 1. The van der Waals surface area contributed by atoms with Crippen LogP contribution in [0.3, 0.4) is 0 Å². The molecule has 1 atom stereocenters. The van der Waals surface area contributed by atoms with Crippen molar-refractivity contribution in [2.75, 3.05) is 45.3 Å². The van der Waals surface area contributed by atoms with Crippen LogP contribution in [0.15, 0.2) is 48.5 Å². The van der Waals surface area contributed by atoms with Crippen molar-refractivity contribution in [3.8, 4) is 11.5 Å². The zero-order valence-corrected chi connectivity index (χ0v) is 20.7. The molecule has 0 spiro atoms. The highest BCUT2D eigenvalue weighted by Crippen LogP contribution is 2.30. The molecule has 0 saturated carbocycles. The van der Waals surface area contributed by atoms with Gasteiger partial charge in [0.2, 0.25) is 0 Å². The standard InChI is InChI=1S/C26H36N6O2/c1-20(2)18-23(31-16-14-30(15-17-31)22-8-6-5-7-9-22)26-27-28-29-32(26)13-12-21-10-11-24(33-3)25(19-21)34-4/h5-11,19-20,23H,12-18H2,1-4H3. The van der Waals surface area contributed by atoms with E-state index in [1.54, 1.807) is 14.2 Å². The highest BCUT2D eigenvalue weighted by Gasteiger charge is 2.29. The van der Waals surface area contributed by atoms with Crippen LogP contribution < -0.4 is 14.4 Å². The zero-order chi connectivity index (χ0) is 23.9. The Kier molecular flexibility index (Phi) is 8.00. The number of benzene rings is 2. The average Bonchev–Trinajstić information content (AvgIpc) is 3.34. The van der Waals surface area contributed by atoms with Crippen LogP contribution in [0.25, 0.3) is 0 Å². The molecule has 8 nitrogen and oxygen atoms in total. The molecule has 1 aliphatic rings. The summed E-state index contributed by atoms with van der Waals surface area (Å²) in [5.41, 5.74) is 2.46. The van der Waals surface area contributed by atoms with Gasteiger partial charge in [0.25, 0.3) is 0 Å². The van der Waals surface area contributed by atoms with Gasteiger partial charge in [-0.05, 0) is 59.0 Å². The van der Waals surface area contributed by atoms with Gasteiger partial charge in [0.15, 0.2) is 17.3 Å². The summed E-state index contributed by atoms with van der Waals surface area (Å²) in [6, 6.07) is 16.9. The van der Waals surface area contributed by atoms with Crippen molar-refractivity contribution < 1.29 is 9.47 Å². The molecule has 1 unspecified atom stereocenters. The Labute approximate surface area is 202 Å². The second-order valence-corrected chi connectivity index (χ2v) is 9.20. The maximum Gasteiger partial charge on any atom is 0.168 e. The summed E-state index contributed by atoms with van der Waals surface area (Å²) in [6.45, 7) is 9.26. The molecule has 2 aromatic carbocycles. The molecule has 34 heavy (non-hydrogen) atoms. The average molecular weight is 465 g/mol. The van der Waals surface area contributed by atoms with E-state index in [0.717, 1.165) is 68.5 Å². The maximum absolute atomic E-state index is 5.46. The van der Waals surface area contributed by atoms with Gasteiger partial charge in [-0.1, -0.05) is 38.1 Å². The molecule has 3 aromatic rings. The van der Waals surface area contributed by atoms with Gasteiger partial charge in [-0.3, -0.25) is 4.90 Å². The number of aryl methyl sites for hydroxylation is 2. The van der Waals surface area contributed by atoms with Crippen molar-refractivity contribution in [3.63, 3.8) is 0 Å². The molecule has 0 amide bonds. The van der Waals surface area contributed by atoms with Crippen LogP contribution in [0.5, 0.6) is 11.5 Å². The fourth-order valence-corrected chi connectivity index (χ4v) is 4.68. The third-order valence-corrected chi connectivity index (χ3v) is 6.49. The first kappa shape index (κ1) is 24.0. The molecule has 182 valence electrons. The van der Waals surface area contributed by atoms with Gasteiger partial charge in [0, 0.05) is 38.4 Å². The zero-order valence-electron chi connectivity index (χ0n) is 20.7. The van der Waals surface area contributed by atoms with Crippen LogP contribution in [-0.4, -0.2) is 65.5 Å². The van der Waals surface area contributed by atoms with Crippen molar-refractivity contribution in [1.29, 1.82) is 0 Å². The van der Waals surface area contributed by atoms with E-state index >= 15 is 0 Å². The fourth-order valence-electron chi connectivity index (χ4n) is 4.68. The van der Waals surface area contributed by atoms with Crippen LogP contribution >= 0.6 is 0 Å². The van der Waals surface area contributed by atoms with Crippen LogP contribution in [0.4, 0.5) is 5.69 Å². The number of hydrogen-bond donors (Lipinski definition) is 0. The van der Waals surface area contributed by atoms with Gasteiger partial charge in [-0.25, -0.2) is 4.68 Å². The quantitative estimate of drug-likeness (QED) is 0.451. The van der Waals surface area contributed by atoms with Crippen molar-refractivity contribution in [1.82, 2.24) is 25.1 Å². The van der Waals surface area contributed by atoms with E-state index in [2.05, 4.69) is 75.6 Å². The van der Waals surface area contributed by atoms with Crippen molar-refractivity contribution in [2.24, 2.45) is 5.92 Å². The summed E-state index contributed by atoms with van der Waals surface area (Å²) in [5.74, 6) is 2.99. The van der Waals surface area contributed by atoms with Crippen LogP contribution in [0.1, 0.15) is 37.7 Å². The van der Waals surface area contributed by atoms with Crippen molar-refractivity contribution in [2.45, 2.75) is 39.3 Å². The lowest BCUT2D eigenvalue weighted by Gasteiger charge is -2.40. The summed E-state index contributed by atoms with van der Waals surface area (Å²) in [4.78, 5) is 5.01. The number of tetrazole rings is 1. The second-order valence-electron chi connectivity index (χ2n) is 9.20. The molecule has 1 fully saturated rings. The van der Waals surface area contributed by atoms with E-state index in [1.807, 2.05) is 16.8 Å². The Morgan fingerprint density at radius 3 is 2.32 bits per heavy atom. The van der Waals surface area contributed by atoms with E-state index < -0.39 is 0 Å². The smallest absolute Gasteiger partial charge is 0.168 e. The summed E-state index contributed by atoms with van der Waals surface area (Å²) >= 11 is 0. The minimum Gasteiger partial charge on any atom is -0.493 e. The third kappa shape index (κ3) is 5.67. The summed E-state index contributed by atoms with van der Waals surface area (Å²) in [7, 11) is 3.31. The topological polar surface area (TPSA) is 68.5 Å². The molecule has 8 heteroatoms. The van der Waals surface area contributed by atoms with Gasteiger partial charge in [0.1, 0.15) is 0 Å². The lowest BCUT2D eigenvalue weighted by Crippen LogP contribution is -2.48. The Morgan fingerprint density at radius 1 is 0.912 bits per heavy atom. The number of rotatable bonds is 10. The van der Waals surface area contributed by atoms with Crippen LogP contribution in [0, 0.1) is 5.92 Å². The molecule has 0 radical (unpaired) electrons. The Bertz CT molecular complexity index is 1030. The fraction of sp³-hybridized carbons (Fsp3) is 0.500. The molecule has 1 saturated heterocycles. The highest BCUT2D eigenvalue weighted by atomic mass is 16.5. The summed E-state index contributed by atoms with van der Waals surface area (Å²) < 4.78 is 12.8. The number of aromatic nitrogens is 4. The molecule has 1 aromatic heterocycles. The molecule has 2 heterocycles. The summed E-state index contributed by atoms with van der Waals surface area (Å²) in [6.07, 6.45) is 1.84. The van der Waals surface area contributed by atoms with E-state index in [9.17, 15) is 0 Å². The van der Waals surface area contributed by atoms with Gasteiger partial charge in [0.05, 0.1) is 20.3 Å². The van der Waals surface area contributed by atoms with E-state index in [0.29, 0.717) is 5.92 Å². The van der Waals surface area contributed by atoms with E-state index in [1.165, 1.54) is 5.69 Å². The SMILES string of the molecule is COc1ccc(CCn2nnnc2C(CC(C)C)N2CCN(c3ccccc3)CC2)cc1OC. The summed E-state index contributed by atoms with van der Waals surface area (Å²) in [5, 5.41) is 12.9. The first-order valence-electron chi connectivity index (χ1n) is 12.1. The first-order chi connectivity index (χ1) is 16.6. The predicted molar refractivity (Wildman–Crippen MR) is 133 cm³/mol. The minimum absolute atomic E-state index is 0.207. The highest BCUT2D eigenvalue weighted by molar-refractivity contribution is 5.46. The number of anilines is 1. The first-order valence-corrected chi connectivity index (χ1v) is 12.1. The predicted octanol–water partition coefficient (Wildman–Crippen LogP) is 3.84. The lowest BCUT2D eigenvalue weighted by molar-refractivity contribution is 0.152. The van der Waals surface area contributed by atoms with Crippen LogP contribution in [-0.2, 0) is 13.0 Å². The number of ether oxygens (including phenoxy) is 2. The second kappa shape index (κ2) is 11.3. The number of piperazine rings is 1. The largest absolute Gasteiger partial charge is 0.493 e. The Hall–Kier alpha value is -3.13.